The molecule has 0 saturated carbocycles. The fourth-order valence-corrected chi connectivity index (χ4v) is 3.78. The van der Waals surface area contributed by atoms with Crippen LogP contribution in [0.5, 0.6) is 0 Å². The van der Waals surface area contributed by atoms with Gasteiger partial charge in [-0.3, -0.25) is 19.7 Å². The maximum Gasteiger partial charge on any atom is 0.280 e. The summed E-state index contributed by atoms with van der Waals surface area (Å²) < 4.78 is 1.05. The lowest BCUT2D eigenvalue weighted by Crippen LogP contribution is -2.31. The molecule has 0 aliphatic carbocycles. The number of hydrogen-bond acceptors (Lipinski definition) is 6. The molecule has 0 bridgehead atoms. The van der Waals surface area contributed by atoms with Crippen LogP contribution in [-0.4, -0.2) is 25.8 Å². The smallest absolute Gasteiger partial charge is 0.276 e. The molecule has 7 heteroatoms. The average molecular weight is 375 g/mol. The topological polar surface area (TPSA) is 71.9 Å². The Morgan fingerprint density at radius 3 is 2.70 bits per heavy atom. The molecular formula is C20H17N5OS. The number of thiazole rings is 1. The van der Waals surface area contributed by atoms with Crippen LogP contribution < -0.4 is 4.90 Å². The molecule has 3 heterocycles. The second-order valence-electron chi connectivity index (χ2n) is 6.15. The minimum atomic E-state index is -0.248. The van der Waals surface area contributed by atoms with Gasteiger partial charge in [-0.25, -0.2) is 9.97 Å². The minimum Gasteiger partial charge on any atom is -0.276 e. The summed E-state index contributed by atoms with van der Waals surface area (Å²) in [6.07, 6.45) is 6.24. The van der Waals surface area contributed by atoms with Crippen molar-refractivity contribution in [2.75, 3.05) is 4.90 Å². The zero-order chi connectivity index (χ0) is 18.8. The van der Waals surface area contributed by atoms with Crippen LogP contribution in [0.15, 0.2) is 55.1 Å². The van der Waals surface area contributed by atoms with Gasteiger partial charge in [0, 0.05) is 18.6 Å². The molecule has 27 heavy (non-hydrogen) atoms. The Hall–Kier alpha value is -3.19. The van der Waals surface area contributed by atoms with Gasteiger partial charge in [-0.1, -0.05) is 23.5 Å². The van der Waals surface area contributed by atoms with E-state index in [-0.39, 0.29) is 11.6 Å². The first-order valence-corrected chi connectivity index (χ1v) is 9.29. The third-order valence-electron chi connectivity index (χ3n) is 4.38. The molecule has 0 spiro atoms. The van der Waals surface area contributed by atoms with Gasteiger partial charge in [0.05, 0.1) is 28.7 Å². The van der Waals surface area contributed by atoms with Crippen molar-refractivity contribution in [3.8, 4) is 0 Å². The highest BCUT2D eigenvalue weighted by molar-refractivity contribution is 7.22. The molecule has 3 aromatic heterocycles. The van der Waals surface area contributed by atoms with Gasteiger partial charge in [0.1, 0.15) is 5.69 Å². The highest BCUT2D eigenvalue weighted by Gasteiger charge is 2.23. The number of carbonyl (C=O) groups is 1. The molecule has 0 saturated heterocycles. The molecule has 4 aromatic rings. The third kappa shape index (κ3) is 3.41. The third-order valence-corrected chi connectivity index (χ3v) is 5.42. The Morgan fingerprint density at radius 2 is 1.96 bits per heavy atom. The molecular weight excluding hydrogens is 358 g/mol. The minimum absolute atomic E-state index is 0.248. The van der Waals surface area contributed by atoms with E-state index in [0.717, 1.165) is 21.5 Å². The van der Waals surface area contributed by atoms with E-state index < -0.39 is 0 Å². The van der Waals surface area contributed by atoms with Gasteiger partial charge >= 0.3 is 0 Å². The molecule has 0 atom stereocenters. The fraction of sp³-hybridized carbons (Fsp3) is 0.150. The summed E-state index contributed by atoms with van der Waals surface area (Å²) in [7, 11) is 0. The monoisotopic (exact) mass is 375 g/mol. The van der Waals surface area contributed by atoms with E-state index in [9.17, 15) is 4.79 Å². The van der Waals surface area contributed by atoms with Gasteiger partial charge < -0.3 is 0 Å². The molecule has 0 aliphatic heterocycles. The van der Waals surface area contributed by atoms with Crippen LogP contribution in [0.3, 0.4) is 0 Å². The first kappa shape index (κ1) is 17.2. The maximum absolute atomic E-state index is 13.1. The van der Waals surface area contributed by atoms with E-state index in [1.807, 2.05) is 24.3 Å². The van der Waals surface area contributed by atoms with Crippen LogP contribution in [0.1, 0.15) is 27.3 Å². The lowest BCUT2D eigenvalue weighted by Gasteiger charge is -2.18. The van der Waals surface area contributed by atoms with Gasteiger partial charge in [0.2, 0.25) is 0 Å². The Labute approximate surface area is 160 Å². The number of anilines is 1. The van der Waals surface area contributed by atoms with Gasteiger partial charge in [0.15, 0.2) is 5.13 Å². The number of aromatic nitrogens is 4. The molecule has 134 valence electrons. The summed E-state index contributed by atoms with van der Waals surface area (Å²) in [5.74, 6) is -0.248. The number of hydrogen-bond donors (Lipinski definition) is 0. The Kier molecular flexibility index (Phi) is 4.60. The van der Waals surface area contributed by atoms with Crippen molar-refractivity contribution in [1.29, 1.82) is 0 Å². The number of pyridine rings is 1. The Morgan fingerprint density at radius 1 is 1.07 bits per heavy atom. The van der Waals surface area contributed by atoms with E-state index in [0.29, 0.717) is 11.7 Å². The van der Waals surface area contributed by atoms with E-state index in [2.05, 4.69) is 34.9 Å². The molecule has 0 unspecified atom stereocenters. The van der Waals surface area contributed by atoms with Gasteiger partial charge in [0.25, 0.3) is 5.91 Å². The molecule has 4 rings (SSSR count). The van der Waals surface area contributed by atoms with Gasteiger partial charge in [-0.2, -0.15) is 0 Å². The summed E-state index contributed by atoms with van der Waals surface area (Å²) >= 11 is 1.49. The molecule has 0 aliphatic rings. The maximum atomic E-state index is 13.1. The number of rotatable bonds is 4. The van der Waals surface area contributed by atoms with Crippen LogP contribution >= 0.6 is 11.3 Å². The van der Waals surface area contributed by atoms with Crippen LogP contribution in [0, 0.1) is 13.8 Å². The number of fused-ring (bicyclic) bond motifs is 1. The molecule has 1 aromatic carbocycles. The Balaban J connectivity index is 1.80. The van der Waals surface area contributed by atoms with Crippen molar-refractivity contribution in [3.63, 3.8) is 0 Å². The largest absolute Gasteiger partial charge is 0.280 e. The highest BCUT2D eigenvalue weighted by atomic mass is 32.1. The van der Waals surface area contributed by atoms with Crippen molar-refractivity contribution in [1.82, 2.24) is 19.9 Å². The number of amides is 1. The lowest BCUT2D eigenvalue weighted by molar-refractivity contribution is 0.0979. The van der Waals surface area contributed by atoms with Gasteiger partial charge in [-0.05, 0) is 43.2 Å². The predicted molar refractivity (Wildman–Crippen MR) is 106 cm³/mol. The van der Waals surface area contributed by atoms with Crippen molar-refractivity contribution in [2.45, 2.75) is 20.4 Å². The SMILES string of the molecule is Cc1ccc2sc(N(Cc3ccccn3)C(=O)c3cnccn3)nc2c1C. The van der Waals surface area contributed by atoms with Crippen LogP contribution in [-0.2, 0) is 6.54 Å². The lowest BCUT2D eigenvalue weighted by atomic mass is 10.1. The summed E-state index contributed by atoms with van der Waals surface area (Å²) in [6.45, 7) is 4.42. The summed E-state index contributed by atoms with van der Waals surface area (Å²) in [5, 5.41) is 0.625. The highest BCUT2D eigenvalue weighted by Crippen LogP contribution is 2.33. The zero-order valence-electron chi connectivity index (χ0n) is 15.0. The number of aryl methyl sites for hydroxylation is 2. The predicted octanol–water partition coefficient (Wildman–Crippen LogP) is 3.95. The van der Waals surface area contributed by atoms with Crippen LogP contribution in [0.2, 0.25) is 0 Å². The first-order chi connectivity index (χ1) is 13.1. The van der Waals surface area contributed by atoms with Crippen LogP contribution in [0.4, 0.5) is 5.13 Å². The normalized spacial score (nSPS) is 10.9. The molecule has 0 radical (unpaired) electrons. The van der Waals surface area contributed by atoms with Gasteiger partial charge in [-0.15, -0.1) is 0 Å². The van der Waals surface area contributed by atoms with E-state index in [4.69, 9.17) is 4.98 Å². The van der Waals surface area contributed by atoms with Crippen molar-refractivity contribution in [3.05, 3.63) is 77.6 Å². The second-order valence-corrected chi connectivity index (χ2v) is 7.16. The van der Waals surface area contributed by atoms with Crippen molar-refractivity contribution >= 4 is 32.6 Å². The van der Waals surface area contributed by atoms with Crippen molar-refractivity contribution in [2.24, 2.45) is 0 Å². The van der Waals surface area contributed by atoms with Crippen molar-refractivity contribution < 1.29 is 4.79 Å². The molecule has 1 amide bonds. The van der Waals surface area contributed by atoms with E-state index in [1.165, 1.54) is 29.3 Å². The molecule has 6 nitrogen and oxygen atoms in total. The zero-order valence-corrected chi connectivity index (χ0v) is 15.8. The summed E-state index contributed by atoms with van der Waals surface area (Å²) in [4.78, 5) is 32.0. The summed E-state index contributed by atoms with van der Waals surface area (Å²) in [5.41, 5.74) is 4.28. The number of nitrogens with zero attached hydrogens (tertiary/aromatic N) is 5. The Bertz CT molecular complexity index is 1100. The van der Waals surface area contributed by atoms with Crippen LogP contribution in [0.25, 0.3) is 10.2 Å². The second kappa shape index (κ2) is 7.20. The first-order valence-electron chi connectivity index (χ1n) is 8.48. The quantitative estimate of drug-likeness (QED) is 0.540. The standard InChI is InChI=1S/C20H17N5OS/c1-13-6-7-17-18(14(13)2)24-20(27-17)25(12-15-5-3-4-8-22-15)19(26)16-11-21-9-10-23-16/h3-11H,12H2,1-2H3. The molecule has 0 N–H and O–H groups in total. The van der Waals surface area contributed by atoms with E-state index >= 15 is 0 Å². The molecule has 0 fully saturated rings. The average Bonchev–Trinajstić information content (AvgIpc) is 3.15. The number of carbonyl (C=O) groups excluding carboxylic acids is 1. The fourth-order valence-electron chi connectivity index (χ4n) is 2.76. The van der Waals surface area contributed by atoms with E-state index in [1.54, 1.807) is 17.3 Å². The number of benzene rings is 1. The summed E-state index contributed by atoms with van der Waals surface area (Å²) in [6, 6.07) is 9.76.